The smallest absolute Gasteiger partial charge is 0.343 e. The lowest BCUT2D eigenvalue weighted by molar-refractivity contribution is -0.116. The highest BCUT2D eigenvalue weighted by atomic mass is 35.5. The minimum Gasteiger partial charge on any atom is -0.423 e. The summed E-state index contributed by atoms with van der Waals surface area (Å²) in [6, 6.07) is 13.7. The molecule has 24 heavy (non-hydrogen) atoms. The lowest BCUT2D eigenvalue weighted by atomic mass is 9.92. The van der Waals surface area contributed by atoms with E-state index in [2.05, 4.69) is 0 Å². The largest absolute Gasteiger partial charge is 0.423 e. The van der Waals surface area contributed by atoms with Gasteiger partial charge in [-0.25, -0.2) is 4.79 Å². The monoisotopic (exact) mass is 340 g/mol. The van der Waals surface area contributed by atoms with Crippen LogP contribution in [-0.4, -0.2) is 11.8 Å². The van der Waals surface area contributed by atoms with Gasteiger partial charge in [0.1, 0.15) is 5.75 Å². The van der Waals surface area contributed by atoms with Gasteiger partial charge in [-0.3, -0.25) is 4.79 Å². The van der Waals surface area contributed by atoms with Crippen LogP contribution in [0.5, 0.6) is 5.75 Å². The number of Topliss-reactive ketones (excluding diaryl/α,β-unsaturated/α-hetero) is 1. The molecule has 0 heterocycles. The summed E-state index contributed by atoms with van der Waals surface area (Å²) in [5.74, 6) is 0.270. The van der Waals surface area contributed by atoms with E-state index in [1.807, 2.05) is 18.2 Å². The molecular weight excluding hydrogens is 324 g/mol. The van der Waals surface area contributed by atoms with Crippen molar-refractivity contribution in [3.05, 3.63) is 70.3 Å². The summed E-state index contributed by atoms with van der Waals surface area (Å²) in [6.45, 7) is 0. The fourth-order valence-corrected chi connectivity index (χ4v) is 2.76. The molecule has 0 amide bonds. The van der Waals surface area contributed by atoms with E-state index in [1.54, 1.807) is 36.4 Å². The Hall–Kier alpha value is -2.39. The van der Waals surface area contributed by atoms with Crippen molar-refractivity contribution >= 4 is 29.4 Å². The Morgan fingerprint density at radius 2 is 1.62 bits per heavy atom. The van der Waals surface area contributed by atoms with Crippen molar-refractivity contribution in [2.75, 3.05) is 0 Å². The molecule has 3 rings (SSSR count). The maximum absolute atomic E-state index is 12.0. The van der Waals surface area contributed by atoms with Crippen LogP contribution >= 0.6 is 11.6 Å². The highest BCUT2D eigenvalue weighted by molar-refractivity contribution is 6.30. The highest BCUT2D eigenvalue weighted by Crippen LogP contribution is 2.23. The minimum absolute atomic E-state index is 0.236. The summed E-state index contributed by atoms with van der Waals surface area (Å²) >= 11 is 5.80. The van der Waals surface area contributed by atoms with Crippen LogP contribution in [0.15, 0.2) is 54.1 Å². The van der Waals surface area contributed by atoms with Gasteiger partial charge < -0.3 is 4.74 Å². The third kappa shape index (κ3) is 4.12. The highest BCUT2D eigenvalue weighted by Gasteiger charge is 2.14. The Balaban J connectivity index is 1.68. The van der Waals surface area contributed by atoms with Gasteiger partial charge in [-0.15, -0.1) is 0 Å². The molecule has 0 unspecified atom stereocenters. The Morgan fingerprint density at radius 3 is 2.29 bits per heavy atom. The first kappa shape index (κ1) is 16.5. The van der Waals surface area contributed by atoms with Crippen LogP contribution in [0.3, 0.4) is 0 Å². The molecule has 1 saturated carbocycles. The lowest BCUT2D eigenvalue weighted by Crippen LogP contribution is -2.08. The summed E-state index contributed by atoms with van der Waals surface area (Å²) < 4.78 is 5.34. The topological polar surface area (TPSA) is 43.4 Å². The van der Waals surface area contributed by atoms with E-state index in [-0.39, 0.29) is 5.78 Å². The molecule has 3 nitrogen and oxygen atoms in total. The molecule has 0 atom stereocenters. The van der Waals surface area contributed by atoms with Crippen LogP contribution in [0.2, 0.25) is 5.02 Å². The van der Waals surface area contributed by atoms with Gasteiger partial charge in [-0.1, -0.05) is 23.7 Å². The molecule has 1 aliphatic rings. The Bertz CT molecular complexity index is 774. The second-order valence-corrected chi connectivity index (χ2v) is 6.20. The van der Waals surface area contributed by atoms with E-state index in [0.717, 1.165) is 30.4 Å². The summed E-state index contributed by atoms with van der Waals surface area (Å²) in [7, 11) is 0. The van der Waals surface area contributed by atoms with E-state index in [4.69, 9.17) is 16.3 Å². The molecule has 2 aromatic carbocycles. The summed E-state index contributed by atoms with van der Waals surface area (Å²) in [5.41, 5.74) is 2.26. The molecule has 0 aromatic heterocycles. The van der Waals surface area contributed by atoms with Gasteiger partial charge in [0, 0.05) is 11.4 Å². The van der Waals surface area contributed by atoms with Crippen LogP contribution in [-0.2, 0) is 4.79 Å². The summed E-state index contributed by atoms with van der Waals surface area (Å²) in [5, 5.41) is 0.571. The molecule has 0 aliphatic heterocycles. The van der Waals surface area contributed by atoms with Crippen molar-refractivity contribution in [1.29, 1.82) is 0 Å². The van der Waals surface area contributed by atoms with Crippen molar-refractivity contribution in [2.24, 2.45) is 0 Å². The Kier molecular flexibility index (Phi) is 5.11. The average molecular weight is 341 g/mol. The predicted octanol–water partition coefficient (Wildman–Crippen LogP) is 5.09. The first-order valence-corrected chi connectivity index (χ1v) is 8.31. The SMILES string of the molecule is O=C1CCCC/C1=C\c1ccc(OC(=O)c2ccc(Cl)cc2)cc1. The van der Waals surface area contributed by atoms with Crippen LogP contribution in [0, 0.1) is 0 Å². The van der Waals surface area contributed by atoms with Crippen molar-refractivity contribution in [1.82, 2.24) is 0 Å². The minimum atomic E-state index is -0.430. The van der Waals surface area contributed by atoms with Gasteiger partial charge in [-0.2, -0.15) is 0 Å². The Morgan fingerprint density at radius 1 is 0.958 bits per heavy atom. The van der Waals surface area contributed by atoms with Gasteiger partial charge in [0.25, 0.3) is 0 Å². The number of hydrogen-bond acceptors (Lipinski definition) is 3. The predicted molar refractivity (Wildman–Crippen MR) is 94.3 cm³/mol. The van der Waals surface area contributed by atoms with Crippen LogP contribution < -0.4 is 4.74 Å². The average Bonchev–Trinajstić information content (AvgIpc) is 2.59. The quantitative estimate of drug-likeness (QED) is 0.444. The lowest BCUT2D eigenvalue weighted by Gasteiger charge is -2.12. The zero-order valence-electron chi connectivity index (χ0n) is 13.1. The maximum Gasteiger partial charge on any atom is 0.343 e. The van der Waals surface area contributed by atoms with Crippen molar-refractivity contribution in [3.63, 3.8) is 0 Å². The zero-order valence-corrected chi connectivity index (χ0v) is 13.9. The molecule has 122 valence electrons. The fourth-order valence-electron chi connectivity index (χ4n) is 2.64. The second-order valence-electron chi connectivity index (χ2n) is 5.77. The molecule has 1 fully saturated rings. The maximum atomic E-state index is 12.0. The van der Waals surface area contributed by atoms with E-state index < -0.39 is 5.97 Å². The molecule has 4 heteroatoms. The van der Waals surface area contributed by atoms with Crippen LogP contribution in [0.4, 0.5) is 0 Å². The molecule has 0 saturated heterocycles. The molecule has 0 bridgehead atoms. The van der Waals surface area contributed by atoms with Gasteiger partial charge in [0.15, 0.2) is 5.78 Å². The number of ketones is 1. The third-order valence-corrected chi connectivity index (χ3v) is 4.22. The number of carbonyl (C=O) groups excluding carboxylic acids is 2. The molecule has 0 spiro atoms. The van der Waals surface area contributed by atoms with E-state index >= 15 is 0 Å². The molecule has 1 aliphatic carbocycles. The number of esters is 1. The van der Waals surface area contributed by atoms with Crippen LogP contribution in [0.25, 0.3) is 6.08 Å². The van der Waals surface area contributed by atoms with Gasteiger partial charge in [-0.05, 0) is 72.9 Å². The van der Waals surface area contributed by atoms with Crippen molar-refractivity contribution in [2.45, 2.75) is 25.7 Å². The molecule has 0 N–H and O–H groups in total. The Labute approximate surface area is 145 Å². The number of halogens is 1. The van der Waals surface area contributed by atoms with Gasteiger partial charge >= 0.3 is 5.97 Å². The van der Waals surface area contributed by atoms with Gasteiger partial charge in [0.2, 0.25) is 0 Å². The second kappa shape index (κ2) is 7.45. The number of ether oxygens (including phenoxy) is 1. The number of rotatable bonds is 3. The normalized spacial score (nSPS) is 16.2. The standard InChI is InChI=1S/C20H17ClO3/c21-17-9-7-15(8-10-17)20(23)24-18-11-5-14(6-12-18)13-16-3-1-2-4-19(16)22/h5-13H,1-4H2/b16-13+. The third-order valence-electron chi connectivity index (χ3n) is 3.97. The fraction of sp³-hybridized carbons (Fsp3) is 0.200. The van der Waals surface area contributed by atoms with Crippen molar-refractivity contribution in [3.8, 4) is 5.75 Å². The van der Waals surface area contributed by atoms with Crippen LogP contribution in [0.1, 0.15) is 41.6 Å². The zero-order chi connectivity index (χ0) is 16.9. The van der Waals surface area contributed by atoms with Gasteiger partial charge in [0.05, 0.1) is 5.56 Å². The van der Waals surface area contributed by atoms with E-state index in [9.17, 15) is 9.59 Å². The molecule has 2 aromatic rings. The van der Waals surface area contributed by atoms with E-state index in [1.165, 1.54) is 0 Å². The molecular formula is C20H17ClO3. The van der Waals surface area contributed by atoms with E-state index in [0.29, 0.717) is 22.8 Å². The number of carbonyl (C=O) groups is 2. The first-order valence-electron chi connectivity index (χ1n) is 7.93. The first-order chi connectivity index (χ1) is 11.6. The number of benzene rings is 2. The summed E-state index contributed by atoms with van der Waals surface area (Å²) in [4.78, 5) is 23.9. The molecule has 0 radical (unpaired) electrons. The number of allylic oxidation sites excluding steroid dienone is 1. The van der Waals surface area contributed by atoms with Crippen molar-refractivity contribution < 1.29 is 14.3 Å². The number of hydrogen-bond donors (Lipinski definition) is 0. The summed E-state index contributed by atoms with van der Waals surface area (Å²) in [6.07, 6.45) is 5.45.